The molecule has 17 heavy (non-hydrogen) atoms. The Labute approximate surface area is 102 Å². The van der Waals surface area contributed by atoms with Crippen molar-refractivity contribution in [2.75, 3.05) is 33.2 Å². The van der Waals surface area contributed by atoms with Crippen LogP contribution in [0.2, 0.25) is 0 Å². The second-order valence-corrected chi connectivity index (χ2v) is 4.83. The van der Waals surface area contributed by atoms with Gasteiger partial charge in [0, 0.05) is 19.6 Å². The fourth-order valence-electron chi connectivity index (χ4n) is 2.57. The number of carbonyl (C=O) groups excluding carboxylic acids is 2. The fraction of sp³-hybridized carbons (Fsp3) is 0.833. The molecule has 2 rings (SSSR count). The smallest absolute Gasteiger partial charge is 0.242 e. The molecule has 96 valence electrons. The summed E-state index contributed by atoms with van der Waals surface area (Å²) in [6.07, 6.45) is 4.22. The van der Waals surface area contributed by atoms with Gasteiger partial charge in [0.25, 0.3) is 0 Å². The quantitative estimate of drug-likeness (QED) is 0.743. The molecule has 1 unspecified atom stereocenters. The standard InChI is InChI=1S/C12H21N3O2/c1-13-10-5-8-15(12(10)17)9-11(16)14-6-3-2-4-7-14/h10,13H,2-9H2,1H3. The van der Waals surface area contributed by atoms with Crippen molar-refractivity contribution in [3.8, 4) is 0 Å². The molecule has 0 spiro atoms. The van der Waals surface area contributed by atoms with Gasteiger partial charge in [0.1, 0.15) is 0 Å². The third-order valence-electron chi connectivity index (χ3n) is 3.68. The lowest BCUT2D eigenvalue weighted by Gasteiger charge is -2.28. The van der Waals surface area contributed by atoms with Gasteiger partial charge in [0.15, 0.2) is 0 Å². The number of nitrogens with zero attached hydrogens (tertiary/aromatic N) is 2. The van der Waals surface area contributed by atoms with Gasteiger partial charge in [-0.15, -0.1) is 0 Å². The van der Waals surface area contributed by atoms with Crippen LogP contribution in [-0.2, 0) is 9.59 Å². The van der Waals surface area contributed by atoms with Gasteiger partial charge in [-0.25, -0.2) is 0 Å². The number of likely N-dealkylation sites (tertiary alicyclic amines) is 2. The van der Waals surface area contributed by atoms with Crippen LogP contribution in [0, 0.1) is 0 Å². The van der Waals surface area contributed by atoms with Gasteiger partial charge in [-0.2, -0.15) is 0 Å². The summed E-state index contributed by atoms with van der Waals surface area (Å²) in [5, 5.41) is 2.98. The number of piperidine rings is 1. The minimum atomic E-state index is -0.0934. The lowest BCUT2D eigenvalue weighted by atomic mass is 10.1. The molecule has 0 aromatic heterocycles. The maximum Gasteiger partial charge on any atom is 0.242 e. The number of hydrogen-bond acceptors (Lipinski definition) is 3. The molecule has 0 aliphatic carbocycles. The summed E-state index contributed by atoms with van der Waals surface area (Å²) in [4.78, 5) is 27.4. The Morgan fingerprint density at radius 1 is 1.29 bits per heavy atom. The van der Waals surface area contributed by atoms with Crippen molar-refractivity contribution in [1.29, 1.82) is 0 Å². The number of amides is 2. The molecular formula is C12H21N3O2. The number of hydrogen-bond donors (Lipinski definition) is 1. The number of rotatable bonds is 3. The zero-order chi connectivity index (χ0) is 12.3. The molecule has 0 saturated carbocycles. The summed E-state index contributed by atoms with van der Waals surface area (Å²) in [5.74, 6) is 0.174. The molecule has 1 N–H and O–H groups in total. The number of likely N-dealkylation sites (N-methyl/N-ethyl adjacent to an activating group) is 1. The molecule has 2 fully saturated rings. The van der Waals surface area contributed by atoms with E-state index in [4.69, 9.17) is 0 Å². The second kappa shape index (κ2) is 5.49. The van der Waals surface area contributed by atoms with E-state index in [2.05, 4.69) is 5.32 Å². The molecular weight excluding hydrogens is 218 g/mol. The number of carbonyl (C=O) groups is 2. The molecule has 2 aliphatic rings. The van der Waals surface area contributed by atoms with E-state index in [1.807, 2.05) is 4.90 Å². The first kappa shape index (κ1) is 12.4. The van der Waals surface area contributed by atoms with Gasteiger partial charge < -0.3 is 15.1 Å². The predicted molar refractivity (Wildman–Crippen MR) is 64.5 cm³/mol. The molecule has 2 saturated heterocycles. The van der Waals surface area contributed by atoms with Crippen LogP contribution < -0.4 is 5.32 Å². The summed E-state index contributed by atoms with van der Waals surface area (Å²) >= 11 is 0. The van der Waals surface area contributed by atoms with Gasteiger partial charge in [-0.05, 0) is 32.7 Å². The highest BCUT2D eigenvalue weighted by molar-refractivity contribution is 5.89. The van der Waals surface area contributed by atoms with Gasteiger partial charge >= 0.3 is 0 Å². The van der Waals surface area contributed by atoms with Crippen LogP contribution in [0.25, 0.3) is 0 Å². The van der Waals surface area contributed by atoms with Crippen LogP contribution in [0.3, 0.4) is 0 Å². The van der Waals surface area contributed by atoms with Crippen LogP contribution >= 0.6 is 0 Å². The molecule has 0 radical (unpaired) electrons. The Kier molecular flexibility index (Phi) is 3.99. The van der Waals surface area contributed by atoms with Crippen molar-refractivity contribution in [2.45, 2.75) is 31.7 Å². The van der Waals surface area contributed by atoms with Crippen LogP contribution in [0.1, 0.15) is 25.7 Å². The van der Waals surface area contributed by atoms with E-state index in [1.165, 1.54) is 6.42 Å². The Bertz CT molecular complexity index is 300. The van der Waals surface area contributed by atoms with E-state index in [1.54, 1.807) is 11.9 Å². The van der Waals surface area contributed by atoms with Crippen molar-refractivity contribution >= 4 is 11.8 Å². The Hall–Kier alpha value is -1.10. The van der Waals surface area contributed by atoms with Gasteiger partial charge in [0.05, 0.1) is 12.6 Å². The molecule has 1 atom stereocenters. The summed E-state index contributed by atoms with van der Waals surface area (Å²) in [6.45, 7) is 2.67. The van der Waals surface area contributed by atoms with E-state index in [-0.39, 0.29) is 24.4 Å². The lowest BCUT2D eigenvalue weighted by molar-refractivity contribution is -0.139. The predicted octanol–water partition coefficient (Wildman–Crippen LogP) is -0.181. The third kappa shape index (κ3) is 2.77. The fourth-order valence-corrected chi connectivity index (χ4v) is 2.57. The van der Waals surface area contributed by atoms with Gasteiger partial charge in [-0.1, -0.05) is 0 Å². The van der Waals surface area contributed by atoms with Crippen molar-refractivity contribution in [1.82, 2.24) is 15.1 Å². The molecule has 5 heteroatoms. The first-order chi connectivity index (χ1) is 8.22. The van der Waals surface area contributed by atoms with E-state index < -0.39 is 0 Å². The zero-order valence-corrected chi connectivity index (χ0v) is 10.4. The van der Waals surface area contributed by atoms with Crippen LogP contribution in [0.4, 0.5) is 0 Å². The maximum atomic E-state index is 12.0. The topological polar surface area (TPSA) is 52.7 Å². The van der Waals surface area contributed by atoms with Crippen LogP contribution in [0.15, 0.2) is 0 Å². The Morgan fingerprint density at radius 3 is 2.59 bits per heavy atom. The first-order valence-corrected chi connectivity index (χ1v) is 6.46. The molecule has 5 nitrogen and oxygen atoms in total. The largest absolute Gasteiger partial charge is 0.341 e. The second-order valence-electron chi connectivity index (χ2n) is 4.83. The number of nitrogens with one attached hydrogen (secondary N) is 1. The summed E-state index contributed by atoms with van der Waals surface area (Å²) in [6, 6.07) is -0.0934. The highest BCUT2D eigenvalue weighted by Crippen LogP contribution is 2.13. The lowest BCUT2D eigenvalue weighted by Crippen LogP contribution is -2.45. The van der Waals surface area contributed by atoms with E-state index in [9.17, 15) is 9.59 Å². The maximum absolute atomic E-state index is 12.0. The molecule has 0 aromatic carbocycles. The van der Waals surface area contributed by atoms with Crippen molar-refractivity contribution in [3.05, 3.63) is 0 Å². The highest BCUT2D eigenvalue weighted by atomic mass is 16.2. The molecule has 0 bridgehead atoms. The van der Waals surface area contributed by atoms with Gasteiger partial charge in [0.2, 0.25) is 11.8 Å². The molecule has 2 amide bonds. The average Bonchev–Trinajstić information content (AvgIpc) is 2.71. The van der Waals surface area contributed by atoms with Crippen molar-refractivity contribution in [2.24, 2.45) is 0 Å². The van der Waals surface area contributed by atoms with E-state index in [0.717, 1.165) is 32.4 Å². The van der Waals surface area contributed by atoms with Gasteiger partial charge in [-0.3, -0.25) is 9.59 Å². The van der Waals surface area contributed by atoms with E-state index >= 15 is 0 Å². The monoisotopic (exact) mass is 239 g/mol. The van der Waals surface area contributed by atoms with Crippen molar-refractivity contribution in [3.63, 3.8) is 0 Å². The minimum Gasteiger partial charge on any atom is -0.341 e. The summed E-state index contributed by atoms with van der Waals surface area (Å²) in [5.41, 5.74) is 0. The zero-order valence-electron chi connectivity index (χ0n) is 10.4. The highest BCUT2D eigenvalue weighted by Gasteiger charge is 2.32. The Balaban J connectivity index is 1.84. The molecule has 2 aliphatic heterocycles. The average molecular weight is 239 g/mol. The summed E-state index contributed by atoms with van der Waals surface area (Å²) in [7, 11) is 1.79. The van der Waals surface area contributed by atoms with Crippen LogP contribution in [0.5, 0.6) is 0 Å². The molecule has 2 heterocycles. The first-order valence-electron chi connectivity index (χ1n) is 6.46. The molecule has 0 aromatic rings. The van der Waals surface area contributed by atoms with E-state index in [0.29, 0.717) is 6.54 Å². The summed E-state index contributed by atoms with van der Waals surface area (Å²) < 4.78 is 0. The minimum absolute atomic E-state index is 0.0675. The van der Waals surface area contributed by atoms with Crippen molar-refractivity contribution < 1.29 is 9.59 Å². The van der Waals surface area contributed by atoms with Crippen LogP contribution in [-0.4, -0.2) is 60.9 Å². The Morgan fingerprint density at radius 2 is 2.00 bits per heavy atom. The SMILES string of the molecule is CNC1CCN(CC(=O)N2CCCCC2)C1=O. The third-order valence-corrected chi connectivity index (χ3v) is 3.68. The normalized spacial score (nSPS) is 25.5.